The molecule has 1 N–H and O–H groups in total. The molecule has 0 saturated carbocycles. The number of unbranched alkanes of at least 4 members (excludes halogenated alkanes) is 2. The van der Waals surface area contributed by atoms with Crippen molar-refractivity contribution in [1.82, 2.24) is 0 Å². The van der Waals surface area contributed by atoms with Crippen molar-refractivity contribution in [3.05, 3.63) is 23.8 Å². The summed E-state index contributed by atoms with van der Waals surface area (Å²) in [4.78, 5) is 14.1. The first kappa shape index (κ1) is 21.5. The molecule has 1 heterocycles. The maximum Gasteiger partial charge on any atom is 0.416 e. The predicted octanol–water partition coefficient (Wildman–Crippen LogP) is 3.85. The SMILES string of the molecule is CCCCCS(=O)(=O)CC(=O)Nc1cc(C(F)(F)F)ccc1N1CCCC1. The monoisotopic (exact) mass is 406 g/mol. The first-order chi connectivity index (χ1) is 12.6. The van der Waals surface area contributed by atoms with E-state index in [1.807, 2.05) is 11.8 Å². The highest BCUT2D eigenvalue weighted by Crippen LogP contribution is 2.36. The van der Waals surface area contributed by atoms with Crippen molar-refractivity contribution in [1.29, 1.82) is 0 Å². The Morgan fingerprint density at radius 3 is 2.44 bits per heavy atom. The predicted molar refractivity (Wildman–Crippen MR) is 99.7 cm³/mol. The summed E-state index contributed by atoms with van der Waals surface area (Å²) in [5.41, 5.74) is -0.399. The lowest BCUT2D eigenvalue weighted by Gasteiger charge is -2.23. The topological polar surface area (TPSA) is 66.5 Å². The van der Waals surface area contributed by atoms with Crippen LogP contribution in [0.3, 0.4) is 0 Å². The Kier molecular flexibility index (Phi) is 7.13. The molecular formula is C18H25F3N2O3S. The second-order valence-electron chi connectivity index (χ2n) is 6.77. The maximum atomic E-state index is 13.0. The number of amides is 1. The number of benzene rings is 1. The van der Waals surface area contributed by atoms with Crippen LogP contribution < -0.4 is 10.2 Å². The van der Waals surface area contributed by atoms with Gasteiger partial charge in [0.1, 0.15) is 5.75 Å². The molecule has 0 radical (unpaired) electrons. The average Bonchev–Trinajstić information content (AvgIpc) is 3.07. The summed E-state index contributed by atoms with van der Waals surface area (Å²) in [6.07, 6.45) is -0.650. The van der Waals surface area contributed by atoms with Crippen LogP contribution in [0.1, 0.15) is 44.6 Å². The number of alkyl halides is 3. The molecule has 0 aromatic heterocycles. The van der Waals surface area contributed by atoms with Gasteiger partial charge in [-0.05, 0) is 37.5 Å². The Bertz CT molecular complexity index is 758. The van der Waals surface area contributed by atoms with Crippen LogP contribution >= 0.6 is 0 Å². The fourth-order valence-electron chi connectivity index (χ4n) is 3.08. The number of nitrogens with zero attached hydrogens (tertiary/aromatic N) is 1. The van der Waals surface area contributed by atoms with Crippen LogP contribution in [0.4, 0.5) is 24.5 Å². The van der Waals surface area contributed by atoms with Crippen LogP contribution in [0, 0.1) is 0 Å². The average molecular weight is 406 g/mol. The third kappa shape index (κ3) is 6.41. The molecule has 27 heavy (non-hydrogen) atoms. The Morgan fingerprint density at radius 2 is 1.85 bits per heavy atom. The molecule has 1 saturated heterocycles. The van der Waals surface area contributed by atoms with E-state index in [1.165, 1.54) is 6.07 Å². The molecule has 1 amide bonds. The second-order valence-corrected chi connectivity index (χ2v) is 8.96. The van der Waals surface area contributed by atoms with E-state index in [-0.39, 0.29) is 11.4 Å². The van der Waals surface area contributed by atoms with Gasteiger partial charge < -0.3 is 10.2 Å². The van der Waals surface area contributed by atoms with E-state index >= 15 is 0 Å². The zero-order valence-corrected chi connectivity index (χ0v) is 16.1. The molecule has 0 spiro atoms. The molecular weight excluding hydrogens is 381 g/mol. The van der Waals surface area contributed by atoms with Crippen molar-refractivity contribution in [3.63, 3.8) is 0 Å². The van der Waals surface area contributed by atoms with Gasteiger partial charge in [-0.3, -0.25) is 4.79 Å². The molecule has 1 aliphatic heterocycles. The molecule has 0 bridgehead atoms. The van der Waals surface area contributed by atoms with Crippen LogP contribution in [-0.2, 0) is 20.8 Å². The summed E-state index contributed by atoms with van der Waals surface area (Å²) in [6, 6.07) is 3.18. The maximum absolute atomic E-state index is 13.0. The number of carbonyl (C=O) groups is 1. The summed E-state index contributed by atoms with van der Waals surface area (Å²) in [7, 11) is -3.59. The molecule has 1 aromatic carbocycles. The molecule has 1 aliphatic rings. The fourth-order valence-corrected chi connectivity index (χ4v) is 4.34. The van der Waals surface area contributed by atoms with Crippen LogP contribution in [0.25, 0.3) is 0 Å². The third-order valence-corrected chi connectivity index (χ3v) is 6.07. The Hall–Kier alpha value is -1.77. The van der Waals surface area contributed by atoms with Crippen LogP contribution in [-0.4, -0.2) is 38.9 Å². The number of hydrogen-bond donors (Lipinski definition) is 1. The zero-order valence-electron chi connectivity index (χ0n) is 15.3. The summed E-state index contributed by atoms with van der Waals surface area (Å²) in [5, 5.41) is 2.39. The van der Waals surface area contributed by atoms with Gasteiger partial charge in [-0.1, -0.05) is 19.8 Å². The fraction of sp³-hybridized carbons (Fsp3) is 0.611. The Morgan fingerprint density at radius 1 is 1.19 bits per heavy atom. The van der Waals surface area contributed by atoms with E-state index < -0.39 is 33.2 Å². The molecule has 2 rings (SSSR count). The molecule has 9 heteroatoms. The standard InChI is InChI=1S/C18H25F3N2O3S/c1-2-3-6-11-27(25,26)13-17(24)22-15-12-14(18(19,20)21)7-8-16(15)23-9-4-5-10-23/h7-8,12H,2-6,9-11,13H2,1H3,(H,22,24). The van der Waals surface area contributed by atoms with Gasteiger partial charge in [0.2, 0.25) is 5.91 Å². The molecule has 1 fully saturated rings. The lowest BCUT2D eigenvalue weighted by Crippen LogP contribution is -2.27. The number of anilines is 2. The first-order valence-electron chi connectivity index (χ1n) is 9.09. The van der Waals surface area contributed by atoms with Crippen LogP contribution in [0.5, 0.6) is 0 Å². The number of rotatable bonds is 8. The van der Waals surface area contributed by atoms with Crippen molar-refractivity contribution in [2.24, 2.45) is 0 Å². The van der Waals surface area contributed by atoms with E-state index in [2.05, 4.69) is 5.32 Å². The summed E-state index contributed by atoms with van der Waals surface area (Å²) in [5.74, 6) is -1.64. The molecule has 0 unspecified atom stereocenters. The highest BCUT2D eigenvalue weighted by molar-refractivity contribution is 7.92. The number of carbonyl (C=O) groups excluding carboxylic acids is 1. The molecule has 152 valence electrons. The lowest BCUT2D eigenvalue weighted by molar-refractivity contribution is -0.137. The zero-order chi connectivity index (χ0) is 20.1. The molecule has 1 aromatic rings. The van der Waals surface area contributed by atoms with E-state index in [0.29, 0.717) is 25.2 Å². The molecule has 5 nitrogen and oxygen atoms in total. The minimum Gasteiger partial charge on any atom is -0.370 e. The van der Waals surface area contributed by atoms with Crippen molar-refractivity contribution < 1.29 is 26.4 Å². The largest absolute Gasteiger partial charge is 0.416 e. The highest BCUT2D eigenvalue weighted by Gasteiger charge is 2.32. The smallest absolute Gasteiger partial charge is 0.370 e. The van der Waals surface area contributed by atoms with Gasteiger partial charge in [0, 0.05) is 13.1 Å². The number of sulfone groups is 1. The summed E-state index contributed by atoms with van der Waals surface area (Å²) in [6.45, 7) is 3.31. The quantitative estimate of drug-likeness (QED) is 0.666. The minimum atomic E-state index is -4.55. The third-order valence-electron chi connectivity index (χ3n) is 4.45. The van der Waals surface area contributed by atoms with Crippen LogP contribution in [0.2, 0.25) is 0 Å². The molecule has 0 atom stereocenters. The van der Waals surface area contributed by atoms with Gasteiger partial charge in [-0.2, -0.15) is 13.2 Å². The molecule has 0 aliphatic carbocycles. The van der Waals surface area contributed by atoms with Gasteiger partial charge in [0.05, 0.1) is 22.7 Å². The number of halogens is 3. The van der Waals surface area contributed by atoms with Gasteiger partial charge in [0.25, 0.3) is 0 Å². The van der Waals surface area contributed by atoms with E-state index in [0.717, 1.165) is 37.8 Å². The highest BCUT2D eigenvalue weighted by atomic mass is 32.2. The number of nitrogens with one attached hydrogen (secondary N) is 1. The van der Waals surface area contributed by atoms with Crippen molar-refractivity contribution in [2.45, 2.75) is 45.2 Å². The Labute approximate surface area is 157 Å². The lowest BCUT2D eigenvalue weighted by atomic mass is 10.1. The van der Waals surface area contributed by atoms with E-state index in [4.69, 9.17) is 0 Å². The number of hydrogen-bond acceptors (Lipinski definition) is 4. The van der Waals surface area contributed by atoms with Gasteiger partial charge in [-0.15, -0.1) is 0 Å². The normalized spacial score (nSPS) is 15.2. The second kappa shape index (κ2) is 8.95. The van der Waals surface area contributed by atoms with Crippen molar-refractivity contribution in [3.8, 4) is 0 Å². The summed E-state index contributed by atoms with van der Waals surface area (Å²) < 4.78 is 63.2. The van der Waals surface area contributed by atoms with E-state index in [1.54, 1.807) is 0 Å². The van der Waals surface area contributed by atoms with Gasteiger partial charge in [0.15, 0.2) is 9.84 Å². The van der Waals surface area contributed by atoms with Crippen molar-refractivity contribution in [2.75, 3.05) is 34.8 Å². The summed E-state index contributed by atoms with van der Waals surface area (Å²) >= 11 is 0. The van der Waals surface area contributed by atoms with Crippen molar-refractivity contribution >= 4 is 27.1 Å². The van der Waals surface area contributed by atoms with Gasteiger partial charge >= 0.3 is 6.18 Å². The van der Waals surface area contributed by atoms with Crippen LogP contribution in [0.15, 0.2) is 18.2 Å². The minimum absolute atomic E-state index is 0.000447. The first-order valence-corrected chi connectivity index (χ1v) is 10.9. The van der Waals surface area contributed by atoms with Gasteiger partial charge in [-0.25, -0.2) is 8.42 Å². The Balaban J connectivity index is 2.18. The van der Waals surface area contributed by atoms with E-state index in [9.17, 15) is 26.4 Å².